The Kier molecular flexibility index (Phi) is 12.4. The van der Waals surface area contributed by atoms with Crippen molar-refractivity contribution in [2.45, 2.75) is 44.7 Å². The van der Waals surface area contributed by atoms with Crippen LogP contribution >= 0.6 is 18.9 Å². The molecular weight excluding hydrogens is 603 g/mol. The van der Waals surface area contributed by atoms with Crippen molar-refractivity contribution >= 4 is 47.0 Å². The van der Waals surface area contributed by atoms with E-state index in [1.165, 1.54) is 22.8 Å². The summed E-state index contributed by atoms with van der Waals surface area (Å²) < 4.78 is 33.8. The second-order valence-electron chi connectivity index (χ2n) is 11.0. The largest absolute Gasteiger partial charge is 0.497 e. The second-order valence-corrected chi connectivity index (χ2v) is 16.1. The summed E-state index contributed by atoms with van der Waals surface area (Å²) in [4.78, 5) is 32.7. The summed E-state index contributed by atoms with van der Waals surface area (Å²) >= 11 is 1.53. The third kappa shape index (κ3) is 9.96. The van der Waals surface area contributed by atoms with E-state index in [-0.39, 0.29) is 35.2 Å². The molecule has 1 aromatic heterocycles. The number of aromatic nitrogens is 1. The van der Waals surface area contributed by atoms with Gasteiger partial charge in [0.25, 0.3) is 11.8 Å². The van der Waals surface area contributed by atoms with Crippen LogP contribution in [0.15, 0.2) is 58.8 Å². The highest BCUT2D eigenvalue weighted by atomic mass is 32.2. The summed E-state index contributed by atoms with van der Waals surface area (Å²) in [7, 11) is -1.14. The number of carbonyl (C=O) groups is 2. The fraction of sp³-hybridized carbons (Fsp3) is 0.419. The molecule has 43 heavy (non-hydrogen) atoms. The zero-order valence-corrected chi connectivity index (χ0v) is 28.3. The first-order valence-corrected chi connectivity index (χ1v) is 18.5. The van der Waals surface area contributed by atoms with E-state index in [2.05, 4.69) is 16.6 Å². The lowest BCUT2D eigenvalue weighted by molar-refractivity contribution is 0.0783. The molecule has 0 aliphatic carbocycles. The molecule has 0 bridgehead atoms. The molecule has 0 fully saturated rings. The number of benzene rings is 2. The van der Waals surface area contributed by atoms with E-state index in [9.17, 15) is 18.0 Å². The molecule has 1 heterocycles. The number of nitrogens with zero attached hydrogens (tertiary/aromatic N) is 3. The quantitative estimate of drug-likeness (QED) is 0.230. The van der Waals surface area contributed by atoms with E-state index < -0.39 is 17.6 Å². The number of sulfonamides is 1. The Balaban J connectivity index is 1.73. The van der Waals surface area contributed by atoms with Crippen LogP contribution in [0.5, 0.6) is 5.75 Å². The first-order valence-electron chi connectivity index (χ1n) is 14.0. The molecule has 0 saturated heterocycles. The molecule has 9 nitrogen and oxygen atoms in total. The van der Waals surface area contributed by atoms with Crippen molar-refractivity contribution in [1.29, 1.82) is 0 Å². The average molecular weight is 646 g/mol. The lowest BCUT2D eigenvalue weighted by Crippen LogP contribution is -2.42. The van der Waals surface area contributed by atoms with Gasteiger partial charge in [0, 0.05) is 36.6 Å². The first kappa shape index (κ1) is 34.4. The molecule has 3 rings (SSSR count). The smallest absolute Gasteiger partial charge is 0.253 e. The molecule has 2 aromatic carbocycles. The lowest BCUT2D eigenvalue weighted by atomic mass is 10.1. The minimum absolute atomic E-state index is 0.107. The van der Waals surface area contributed by atoms with E-state index in [0.29, 0.717) is 42.5 Å². The van der Waals surface area contributed by atoms with Crippen molar-refractivity contribution < 1.29 is 22.7 Å². The SMILES string of the molecule is C=[P+](C)CC(CCN(CC(C)C)S(=O)(=O)c1ccc(OC)cc1)NC(=O)c1cccc(C(=O)N(C)Cc2csc(C)n2)c1. The van der Waals surface area contributed by atoms with Crippen LogP contribution in [0.2, 0.25) is 0 Å². The number of methoxy groups -OCH3 is 1. The van der Waals surface area contributed by atoms with Crippen molar-refractivity contribution in [1.82, 2.24) is 19.5 Å². The van der Waals surface area contributed by atoms with Gasteiger partial charge in [-0.2, -0.15) is 4.31 Å². The van der Waals surface area contributed by atoms with Gasteiger partial charge in [0.05, 0.1) is 55.8 Å². The molecule has 2 amide bonds. The molecule has 0 saturated carbocycles. The maximum atomic E-state index is 13.6. The number of hydrogen-bond acceptors (Lipinski definition) is 7. The topological polar surface area (TPSA) is 109 Å². The average Bonchev–Trinajstić information content (AvgIpc) is 3.38. The van der Waals surface area contributed by atoms with Crippen molar-refractivity contribution in [3.63, 3.8) is 0 Å². The fourth-order valence-corrected chi connectivity index (χ4v) is 7.83. The number of aryl methyl sites for hydroxylation is 1. The third-order valence-electron chi connectivity index (χ3n) is 6.64. The van der Waals surface area contributed by atoms with E-state index in [0.717, 1.165) is 10.7 Å². The molecule has 232 valence electrons. The molecular formula is C31H42N4O5PS2+. The van der Waals surface area contributed by atoms with Crippen LogP contribution in [-0.4, -0.2) is 86.8 Å². The summed E-state index contributed by atoms with van der Waals surface area (Å²) in [5.41, 5.74) is 1.59. The summed E-state index contributed by atoms with van der Waals surface area (Å²) in [6, 6.07) is 12.7. The Morgan fingerprint density at radius 2 is 1.81 bits per heavy atom. The highest BCUT2D eigenvalue weighted by molar-refractivity contribution is 7.89. The van der Waals surface area contributed by atoms with Crippen LogP contribution in [0.3, 0.4) is 0 Å². The van der Waals surface area contributed by atoms with Crippen LogP contribution in [0.1, 0.15) is 51.7 Å². The molecule has 3 aromatic rings. The van der Waals surface area contributed by atoms with Gasteiger partial charge in [0.2, 0.25) is 10.0 Å². The van der Waals surface area contributed by atoms with Gasteiger partial charge in [-0.05, 0) is 61.7 Å². The third-order valence-corrected chi connectivity index (χ3v) is 10.4. The van der Waals surface area contributed by atoms with Crippen LogP contribution < -0.4 is 10.1 Å². The summed E-state index contributed by atoms with van der Waals surface area (Å²) in [6.07, 6.45) is 5.21. The van der Waals surface area contributed by atoms with E-state index in [4.69, 9.17) is 4.74 Å². The Morgan fingerprint density at radius 3 is 2.40 bits per heavy atom. The Labute approximate surface area is 260 Å². The predicted molar refractivity (Wildman–Crippen MR) is 176 cm³/mol. The first-order chi connectivity index (χ1) is 20.3. The number of hydrogen-bond donors (Lipinski definition) is 1. The molecule has 0 aliphatic heterocycles. The molecule has 0 aliphatic rings. The highest BCUT2D eigenvalue weighted by Gasteiger charge is 2.28. The number of thiazole rings is 1. The summed E-state index contributed by atoms with van der Waals surface area (Å²) in [6.45, 7) is 8.84. The zero-order chi connectivity index (χ0) is 31.7. The molecule has 0 radical (unpaired) electrons. The Hall–Kier alpha value is -3.11. The Morgan fingerprint density at radius 1 is 1.14 bits per heavy atom. The van der Waals surface area contributed by atoms with Gasteiger partial charge in [-0.3, -0.25) is 9.59 Å². The van der Waals surface area contributed by atoms with Gasteiger partial charge in [-0.25, -0.2) is 13.4 Å². The summed E-state index contributed by atoms with van der Waals surface area (Å²) in [5.74, 6) is 0.161. The zero-order valence-electron chi connectivity index (χ0n) is 25.7. The fourth-order valence-electron chi connectivity index (χ4n) is 4.58. The van der Waals surface area contributed by atoms with Crippen molar-refractivity contribution in [3.05, 3.63) is 75.7 Å². The van der Waals surface area contributed by atoms with Crippen molar-refractivity contribution in [2.24, 2.45) is 5.92 Å². The van der Waals surface area contributed by atoms with Crippen LogP contribution in [-0.2, 0) is 16.6 Å². The number of ether oxygens (including phenoxy) is 1. The maximum Gasteiger partial charge on any atom is 0.253 e. The summed E-state index contributed by atoms with van der Waals surface area (Å²) in [5, 5.41) is 5.95. The van der Waals surface area contributed by atoms with Gasteiger partial charge < -0.3 is 15.0 Å². The van der Waals surface area contributed by atoms with Gasteiger partial charge >= 0.3 is 0 Å². The van der Waals surface area contributed by atoms with Crippen LogP contribution in [0.25, 0.3) is 0 Å². The van der Waals surface area contributed by atoms with E-state index >= 15 is 0 Å². The van der Waals surface area contributed by atoms with Crippen molar-refractivity contribution in [3.8, 4) is 5.75 Å². The minimum Gasteiger partial charge on any atom is -0.497 e. The van der Waals surface area contributed by atoms with E-state index in [1.54, 1.807) is 60.5 Å². The minimum atomic E-state index is -3.76. The molecule has 0 spiro atoms. The van der Waals surface area contributed by atoms with Gasteiger partial charge in [0.15, 0.2) is 0 Å². The monoisotopic (exact) mass is 645 g/mol. The number of carbonyl (C=O) groups excluding carboxylic acids is 2. The normalized spacial score (nSPS) is 12.7. The van der Waals surface area contributed by atoms with Gasteiger partial charge in [0.1, 0.15) is 11.9 Å². The molecule has 2 unspecified atom stereocenters. The van der Waals surface area contributed by atoms with Crippen LogP contribution in [0.4, 0.5) is 0 Å². The molecule has 2 atom stereocenters. The highest BCUT2D eigenvalue weighted by Crippen LogP contribution is 2.23. The number of nitrogens with one attached hydrogen (secondary N) is 1. The Bertz CT molecular complexity index is 1520. The van der Waals surface area contributed by atoms with Gasteiger partial charge in [-0.1, -0.05) is 19.9 Å². The predicted octanol–water partition coefficient (Wildman–Crippen LogP) is 5.11. The number of rotatable bonds is 15. The van der Waals surface area contributed by atoms with Gasteiger partial charge in [-0.15, -0.1) is 11.3 Å². The van der Waals surface area contributed by atoms with Crippen molar-refractivity contribution in [2.75, 3.05) is 40.1 Å². The second kappa shape index (κ2) is 15.6. The number of amides is 2. The molecule has 12 heteroatoms. The van der Waals surface area contributed by atoms with Crippen LogP contribution in [0, 0.1) is 12.8 Å². The van der Waals surface area contributed by atoms with E-state index in [1.807, 2.05) is 32.8 Å². The maximum absolute atomic E-state index is 13.6. The molecule has 1 N–H and O–H groups in total. The standard InChI is InChI=1S/C31H41N4O5PS2/c1-22(2)18-35(43(38,39)29-13-11-28(40-5)12-14-29)16-15-26(20-41(6)7)33-30(36)24-9-8-10-25(17-24)31(37)34(4)19-27-21-42-23(3)32-27/h8-14,17,21-22,26H,6,15-16,18-20H2,1-5,7H3/p+1. The lowest BCUT2D eigenvalue weighted by Gasteiger charge is -2.26.